The Kier molecular flexibility index (Phi) is 7.73. The smallest absolute Gasteiger partial charge is 0.352 e. The minimum absolute atomic E-state index is 0.124. The molecule has 4 nitrogen and oxygen atoms in total. The van der Waals surface area contributed by atoms with E-state index in [4.69, 9.17) is 9.05 Å². The number of rotatable bonds is 8. The summed E-state index contributed by atoms with van der Waals surface area (Å²) in [6.45, 7) is 5.33. The van der Waals surface area contributed by atoms with Crippen molar-refractivity contribution >= 4 is 13.3 Å². The monoisotopic (exact) mass is 363 g/mol. The Bertz CT molecular complexity index is 614. The van der Waals surface area contributed by atoms with E-state index in [1.54, 1.807) is 38.1 Å². The first kappa shape index (κ1) is 20.5. The van der Waals surface area contributed by atoms with Crippen LogP contribution in [-0.4, -0.2) is 19.4 Å². The van der Waals surface area contributed by atoms with Gasteiger partial charge in [-0.15, -0.1) is 0 Å². The topological polar surface area (TPSA) is 47.6 Å². The van der Waals surface area contributed by atoms with Crippen LogP contribution in [0.5, 0.6) is 0 Å². The number of aryl methyl sites for hydroxylation is 1. The summed E-state index contributed by atoms with van der Waals surface area (Å²) in [5.41, 5.74) is 0.255. The zero-order valence-corrected chi connectivity index (χ0v) is 14.7. The molecule has 134 valence electrons. The fourth-order valence-corrected chi connectivity index (χ4v) is 2.99. The van der Waals surface area contributed by atoms with Crippen molar-refractivity contribution in [1.29, 1.82) is 0 Å². The molecule has 0 aliphatic rings. The molecule has 24 heavy (non-hydrogen) atoms. The molecule has 1 rings (SSSR count). The second-order valence-corrected chi connectivity index (χ2v) is 6.68. The van der Waals surface area contributed by atoms with Crippen LogP contribution in [0, 0.1) is 6.92 Å². The highest BCUT2D eigenvalue weighted by Crippen LogP contribution is 2.49. The Balaban J connectivity index is 2.99. The van der Waals surface area contributed by atoms with Crippen molar-refractivity contribution in [3.05, 3.63) is 53.5 Å². The molecule has 0 amide bonds. The molecule has 0 aliphatic carbocycles. The second kappa shape index (κ2) is 9.06. The Morgan fingerprint density at radius 1 is 1.17 bits per heavy atom. The molecule has 0 heterocycles. The Morgan fingerprint density at radius 2 is 1.71 bits per heavy atom. The van der Waals surface area contributed by atoms with Crippen LogP contribution in [0.2, 0.25) is 0 Å². The van der Waals surface area contributed by atoms with Gasteiger partial charge >= 0.3 is 13.8 Å². The van der Waals surface area contributed by atoms with E-state index in [1.165, 1.54) is 0 Å². The Hall–Kier alpha value is -1.56. The number of nitrogens with one attached hydrogen (secondary N) is 1. The molecule has 0 radical (unpaired) electrons. The van der Waals surface area contributed by atoms with Gasteiger partial charge in [-0.05, 0) is 39.0 Å². The van der Waals surface area contributed by atoms with Crippen LogP contribution in [0.25, 0.3) is 0 Å². The molecule has 0 aromatic heterocycles. The number of anilines is 1. The quantitative estimate of drug-likeness (QED) is 0.480. The summed E-state index contributed by atoms with van der Waals surface area (Å²) in [5.74, 6) is 1.02. The van der Waals surface area contributed by atoms with Gasteiger partial charge in [0.05, 0.1) is 13.2 Å². The third-order valence-corrected chi connectivity index (χ3v) is 4.56. The molecule has 1 aromatic carbocycles. The van der Waals surface area contributed by atoms with Crippen molar-refractivity contribution in [2.45, 2.75) is 26.9 Å². The molecular weight excluding hydrogens is 342 g/mol. The van der Waals surface area contributed by atoms with Gasteiger partial charge in [-0.1, -0.05) is 23.8 Å². The molecule has 0 atom stereocenters. The van der Waals surface area contributed by atoms with E-state index in [9.17, 15) is 17.7 Å². The summed E-state index contributed by atoms with van der Waals surface area (Å²) >= 11 is 0. The van der Waals surface area contributed by atoms with E-state index < -0.39 is 19.5 Å². The molecule has 0 aliphatic heterocycles. The standard InChI is InChI=1S/C16H21F3NO3P/c1-4-22-24(21,23-5-2)12-6-7-15(16(17,18)19)20-14-10-8-13(3)9-11-14/h6-12,20H,4-5H2,1-3H3/b12-6+,15-7-. The minimum atomic E-state index is -4.59. The van der Waals surface area contributed by atoms with Gasteiger partial charge in [0, 0.05) is 11.5 Å². The zero-order valence-electron chi connectivity index (χ0n) is 13.8. The number of halogens is 3. The average molecular weight is 363 g/mol. The van der Waals surface area contributed by atoms with Gasteiger partial charge in [0.2, 0.25) is 0 Å². The SMILES string of the molecule is CCOP(=O)(/C=C/C=C(\Nc1ccc(C)cc1)C(F)(F)F)OCC. The molecule has 1 N–H and O–H groups in total. The van der Waals surface area contributed by atoms with E-state index in [1.807, 2.05) is 6.92 Å². The normalized spacial score (nSPS) is 13.5. The van der Waals surface area contributed by atoms with E-state index in [0.717, 1.165) is 23.5 Å². The largest absolute Gasteiger partial charge is 0.431 e. The van der Waals surface area contributed by atoms with Crippen LogP contribution >= 0.6 is 7.60 Å². The summed E-state index contributed by atoms with van der Waals surface area (Å²) in [6, 6.07) is 6.49. The third kappa shape index (κ3) is 6.91. The molecule has 0 bridgehead atoms. The number of hydrogen-bond donors (Lipinski definition) is 1. The fourth-order valence-electron chi connectivity index (χ4n) is 1.73. The number of allylic oxidation sites excluding steroid dienone is 3. The van der Waals surface area contributed by atoms with Crippen molar-refractivity contribution in [2.75, 3.05) is 18.5 Å². The van der Waals surface area contributed by atoms with Gasteiger partial charge in [-0.3, -0.25) is 4.57 Å². The summed E-state index contributed by atoms with van der Waals surface area (Å²) in [4.78, 5) is 0. The molecule has 0 saturated heterocycles. The Morgan fingerprint density at radius 3 is 2.17 bits per heavy atom. The first-order chi connectivity index (χ1) is 11.2. The fraction of sp³-hybridized carbons (Fsp3) is 0.375. The van der Waals surface area contributed by atoms with Crippen LogP contribution in [0.3, 0.4) is 0 Å². The highest BCUT2D eigenvalue weighted by atomic mass is 31.2. The summed E-state index contributed by atoms with van der Waals surface area (Å²) < 4.78 is 61.5. The van der Waals surface area contributed by atoms with Crippen molar-refractivity contribution in [1.82, 2.24) is 0 Å². The molecular formula is C16H21F3NO3P. The molecule has 8 heteroatoms. The lowest BCUT2D eigenvalue weighted by atomic mass is 10.2. The highest BCUT2D eigenvalue weighted by Gasteiger charge is 2.33. The zero-order chi connectivity index (χ0) is 18.2. The van der Waals surface area contributed by atoms with Crippen molar-refractivity contribution in [3.8, 4) is 0 Å². The third-order valence-electron chi connectivity index (χ3n) is 2.79. The molecule has 0 unspecified atom stereocenters. The van der Waals surface area contributed by atoms with Gasteiger partial charge in [0.25, 0.3) is 0 Å². The first-order valence-corrected chi connectivity index (χ1v) is 9.00. The van der Waals surface area contributed by atoms with Gasteiger partial charge in [-0.2, -0.15) is 13.2 Å². The van der Waals surface area contributed by atoms with Gasteiger partial charge < -0.3 is 14.4 Å². The van der Waals surface area contributed by atoms with E-state index in [-0.39, 0.29) is 13.2 Å². The second-order valence-electron chi connectivity index (χ2n) is 4.79. The van der Waals surface area contributed by atoms with Gasteiger partial charge in [0.15, 0.2) is 0 Å². The average Bonchev–Trinajstić information content (AvgIpc) is 2.48. The van der Waals surface area contributed by atoms with E-state index in [2.05, 4.69) is 5.32 Å². The minimum Gasteiger partial charge on any atom is -0.352 e. The van der Waals surface area contributed by atoms with Crippen LogP contribution in [0.15, 0.2) is 47.9 Å². The van der Waals surface area contributed by atoms with Crippen molar-refractivity contribution < 1.29 is 26.8 Å². The lowest BCUT2D eigenvalue weighted by Crippen LogP contribution is -2.18. The number of alkyl halides is 3. The van der Waals surface area contributed by atoms with Crippen molar-refractivity contribution in [2.24, 2.45) is 0 Å². The van der Waals surface area contributed by atoms with Gasteiger partial charge in [-0.25, -0.2) is 0 Å². The number of hydrogen-bond acceptors (Lipinski definition) is 4. The maximum absolute atomic E-state index is 13.1. The van der Waals surface area contributed by atoms with E-state index in [0.29, 0.717) is 5.69 Å². The Labute approximate surface area is 139 Å². The maximum atomic E-state index is 13.1. The summed E-state index contributed by atoms with van der Waals surface area (Å²) in [6.07, 6.45) is -2.77. The molecule has 0 fully saturated rings. The van der Waals surface area contributed by atoms with Gasteiger partial charge in [0.1, 0.15) is 5.70 Å². The molecule has 0 spiro atoms. The number of benzene rings is 1. The maximum Gasteiger partial charge on any atom is 0.431 e. The van der Waals surface area contributed by atoms with E-state index >= 15 is 0 Å². The lowest BCUT2D eigenvalue weighted by Gasteiger charge is -2.14. The summed E-state index contributed by atoms with van der Waals surface area (Å²) in [7, 11) is -3.54. The van der Waals surface area contributed by atoms with Crippen LogP contribution < -0.4 is 5.32 Å². The lowest BCUT2D eigenvalue weighted by molar-refractivity contribution is -0.0902. The molecule has 1 aromatic rings. The highest BCUT2D eigenvalue weighted by molar-refractivity contribution is 7.57. The van der Waals surface area contributed by atoms with Crippen molar-refractivity contribution in [3.63, 3.8) is 0 Å². The first-order valence-electron chi connectivity index (χ1n) is 7.39. The van der Waals surface area contributed by atoms with Crippen LogP contribution in [-0.2, 0) is 13.6 Å². The predicted molar refractivity (Wildman–Crippen MR) is 88.9 cm³/mol. The summed E-state index contributed by atoms with van der Waals surface area (Å²) in [5, 5.41) is 2.31. The van der Waals surface area contributed by atoms with Crippen LogP contribution in [0.1, 0.15) is 19.4 Å². The van der Waals surface area contributed by atoms with Crippen LogP contribution in [0.4, 0.5) is 18.9 Å². The predicted octanol–water partition coefficient (Wildman–Crippen LogP) is 5.63. The molecule has 0 saturated carbocycles.